The van der Waals surface area contributed by atoms with Crippen LogP contribution in [0.15, 0.2) is 24.3 Å². The smallest absolute Gasteiger partial charge is 0.226 e. The van der Waals surface area contributed by atoms with Crippen LogP contribution < -0.4 is 10.5 Å². The van der Waals surface area contributed by atoms with Crippen LogP contribution in [0.3, 0.4) is 0 Å². The fourth-order valence-corrected chi connectivity index (χ4v) is 2.25. The highest BCUT2D eigenvalue weighted by atomic mass is 16.5. The number of hydrogen-bond donors (Lipinski definition) is 1. The van der Waals surface area contributed by atoms with Crippen molar-refractivity contribution in [2.75, 3.05) is 25.5 Å². The number of amides is 1. The Morgan fingerprint density at radius 1 is 1.45 bits per heavy atom. The van der Waals surface area contributed by atoms with Gasteiger partial charge >= 0.3 is 0 Å². The standard InChI is InChI=1S/C15H22N2O3/c1-11-10-20-12(2)9-17(11)15(18)7-8-19-14-6-4-3-5-13(14)16/h3-6,11-12H,7-10,16H2,1-2H3. The molecule has 1 aliphatic rings. The number of para-hydroxylation sites is 2. The summed E-state index contributed by atoms with van der Waals surface area (Å²) in [6, 6.07) is 7.42. The lowest BCUT2D eigenvalue weighted by molar-refractivity contribution is -0.143. The zero-order chi connectivity index (χ0) is 14.5. The molecule has 1 heterocycles. The number of nitrogen functional groups attached to an aromatic ring is 1. The fourth-order valence-electron chi connectivity index (χ4n) is 2.25. The van der Waals surface area contributed by atoms with E-state index in [0.29, 0.717) is 37.6 Å². The number of nitrogens with two attached hydrogens (primary N) is 1. The summed E-state index contributed by atoms with van der Waals surface area (Å²) in [5.74, 6) is 0.728. The van der Waals surface area contributed by atoms with Crippen LogP contribution in [0.2, 0.25) is 0 Å². The van der Waals surface area contributed by atoms with Gasteiger partial charge in [0.05, 0.1) is 37.5 Å². The van der Waals surface area contributed by atoms with E-state index in [9.17, 15) is 4.79 Å². The molecule has 2 N–H and O–H groups in total. The number of morpholine rings is 1. The third kappa shape index (κ3) is 3.63. The topological polar surface area (TPSA) is 64.8 Å². The Morgan fingerprint density at radius 3 is 2.95 bits per heavy atom. The Morgan fingerprint density at radius 2 is 2.20 bits per heavy atom. The van der Waals surface area contributed by atoms with Crippen molar-refractivity contribution >= 4 is 11.6 Å². The second kappa shape index (κ2) is 6.61. The third-order valence-corrected chi connectivity index (χ3v) is 3.42. The molecule has 0 bridgehead atoms. The lowest BCUT2D eigenvalue weighted by atomic mass is 10.2. The molecule has 2 atom stereocenters. The Kier molecular flexibility index (Phi) is 4.84. The minimum absolute atomic E-state index is 0.0980. The van der Waals surface area contributed by atoms with Gasteiger partial charge < -0.3 is 20.1 Å². The summed E-state index contributed by atoms with van der Waals surface area (Å²) >= 11 is 0. The maximum Gasteiger partial charge on any atom is 0.226 e. The summed E-state index contributed by atoms with van der Waals surface area (Å²) in [5, 5.41) is 0. The van der Waals surface area contributed by atoms with Crippen LogP contribution in [0.4, 0.5) is 5.69 Å². The number of carbonyl (C=O) groups is 1. The number of hydrogen-bond acceptors (Lipinski definition) is 4. The van der Waals surface area contributed by atoms with Crippen molar-refractivity contribution in [1.29, 1.82) is 0 Å². The molecule has 0 aliphatic carbocycles. The average molecular weight is 278 g/mol. The molecule has 20 heavy (non-hydrogen) atoms. The van der Waals surface area contributed by atoms with Crippen molar-refractivity contribution in [3.8, 4) is 5.75 Å². The van der Waals surface area contributed by atoms with E-state index in [1.54, 1.807) is 12.1 Å². The van der Waals surface area contributed by atoms with E-state index in [0.717, 1.165) is 0 Å². The maximum atomic E-state index is 12.2. The van der Waals surface area contributed by atoms with Crippen molar-refractivity contribution in [2.45, 2.75) is 32.4 Å². The first-order valence-corrected chi connectivity index (χ1v) is 6.96. The van der Waals surface area contributed by atoms with Gasteiger partial charge in [-0.05, 0) is 26.0 Å². The first-order chi connectivity index (χ1) is 9.58. The molecule has 1 aliphatic heterocycles. The van der Waals surface area contributed by atoms with Crippen LogP contribution in [0.5, 0.6) is 5.75 Å². The van der Waals surface area contributed by atoms with Gasteiger partial charge in [0.25, 0.3) is 0 Å². The molecular formula is C15H22N2O3. The van der Waals surface area contributed by atoms with Crippen molar-refractivity contribution in [1.82, 2.24) is 4.90 Å². The number of anilines is 1. The number of rotatable bonds is 4. The lowest BCUT2D eigenvalue weighted by Crippen LogP contribution is -2.50. The van der Waals surface area contributed by atoms with Gasteiger partial charge in [0, 0.05) is 6.54 Å². The van der Waals surface area contributed by atoms with Gasteiger partial charge in [-0.15, -0.1) is 0 Å². The van der Waals surface area contributed by atoms with Crippen LogP contribution >= 0.6 is 0 Å². The molecule has 5 nitrogen and oxygen atoms in total. The molecule has 2 unspecified atom stereocenters. The van der Waals surface area contributed by atoms with Crippen molar-refractivity contribution < 1.29 is 14.3 Å². The highest BCUT2D eigenvalue weighted by Gasteiger charge is 2.27. The minimum Gasteiger partial charge on any atom is -0.491 e. The largest absolute Gasteiger partial charge is 0.491 e. The first kappa shape index (κ1) is 14.7. The van der Waals surface area contributed by atoms with Gasteiger partial charge in [0.15, 0.2) is 0 Å². The van der Waals surface area contributed by atoms with Gasteiger partial charge in [-0.2, -0.15) is 0 Å². The van der Waals surface area contributed by atoms with E-state index in [1.165, 1.54) is 0 Å². The molecule has 1 fully saturated rings. The molecule has 0 radical (unpaired) electrons. The van der Waals surface area contributed by atoms with Crippen LogP contribution in [0, 0.1) is 0 Å². The molecule has 2 rings (SSSR count). The summed E-state index contributed by atoms with van der Waals surface area (Å²) in [7, 11) is 0. The van der Waals surface area contributed by atoms with Crippen LogP contribution in [-0.2, 0) is 9.53 Å². The number of ether oxygens (including phenoxy) is 2. The third-order valence-electron chi connectivity index (χ3n) is 3.42. The normalized spacial score (nSPS) is 22.6. The summed E-state index contributed by atoms with van der Waals surface area (Å²) in [5.41, 5.74) is 6.37. The lowest BCUT2D eigenvalue weighted by Gasteiger charge is -2.36. The molecule has 1 aromatic rings. The molecule has 5 heteroatoms. The second-order valence-electron chi connectivity index (χ2n) is 5.18. The van der Waals surface area contributed by atoms with Crippen LogP contribution in [0.1, 0.15) is 20.3 Å². The van der Waals surface area contributed by atoms with Gasteiger partial charge in [0.2, 0.25) is 5.91 Å². The predicted octanol–water partition coefficient (Wildman–Crippen LogP) is 1.67. The Labute approximate surface area is 119 Å². The molecule has 1 saturated heterocycles. The number of benzene rings is 1. The summed E-state index contributed by atoms with van der Waals surface area (Å²) < 4.78 is 11.1. The zero-order valence-electron chi connectivity index (χ0n) is 12.0. The highest BCUT2D eigenvalue weighted by Crippen LogP contribution is 2.20. The van der Waals surface area contributed by atoms with Crippen molar-refractivity contribution in [3.63, 3.8) is 0 Å². The summed E-state index contributed by atoms with van der Waals surface area (Å²) in [4.78, 5) is 14.1. The van der Waals surface area contributed by atoms with Gasteiger partial charge in [-0.1, -0.05) is 12.1 Å². The molecular weight excluding hydrogens is 256 g/mol. The van der Waals surface area contributed by atoms with E-state index in [4.69, 9.17) is 15.2 Å². The molecule has 1 amide bonds. The molecule has 0 aromatic heterocycles. The molecule has 110 valence electrons. The summed E-state index contributed by atoms with van der Waals surface area (Å²) in [6.07, 6.45) is 0.451. The molecule has 0 saturated carbocycles. The monoisotopic (exact) mass is 278 g/mol. The zero-order valence-corrected chi connectivity index (χ0v) is 12.0. The van der Waals surface area contributed by atoms with E-state index in [2.05, 4.69) is 0 Å². The molecule has 1 aromatic carbocycles. The summed E-state index contributed by atoms with van der Waals surface area (Å²) in [6.45, 7) is 5.56. The van der Waals surface area contributed by atoms with E-state index < -0.39 is 0 Å². The Bertz CT molecular complexity index is 464. The van der Waals surface area contributed by atoms with Crippen LogP contribution in [0.25, 0.3) is 0 Å². The van der Waals surface area contributed by atoms with E-state index in [1.807, 2.05) is 30.9 Å². The number of nitrogens with zero attached hydrogens (tertiary/aromatic N) is 1. The average Bonchev–Trinajstić information content (AvgIpc) is 2.43. The number of carbonyl (C=O) groups excluding carboxylic acids is 1. The van der Waals surface area contributed by atoms with Gasteiger partial charge in [-0.3, -0.25) is 4.79 Å². The van der Waals surface area contributed by atoms with Crippen molar-refractivity contribution in [3.05, 3.63) is 24.3 Å². The maximum absolute atomic E-state index is 12.2. The van der Waals surface area contributed by atoms with Gasteiger partial charge in [0.1, 0.15) is 5.75 Å². The minimum atomic E-state index is 0.0980. The van der Waals surface area contributed by atoms with Crippen LogP contribution in [-0.4, -0.2) is 42.7 Å². The Hall–Kier alpha value is -1.75. The SMILES string of the molecule is CC1CN(C(=O)CCOc2ccccc2N)C(C)CO1. The quantitative estimate of drug-likeness (QED) is 0.851. The predicted molar refractivity (Wildman–Crippen MR) is 77.6 cm³/mol. The fraction of sp³-hybridized carbons (Fsp3) is 0.533. The highest BCUT2D eigenvalue weighted by molar-refractivity contribution is 5.76. The van der Waals surface area contributed by atoms with E-state index >= 15 is 0 Å². The Balaban J connectivity index is 1.82. The molecule has 0 spiro atoms. The van der Waals surface area contributed by atoms with Gasteiger partial charge in [-0.25, -0.2) is 0 Å². The van der Waals surface area contributed by atoms with Crippen molar-refractivity contribution in [2.24, 2.45) is 0 Å². The first-order valence-electron chi connectivity index (χ1n) is 6.96. The second-order valence-corrected chi connectivity index (χ2v) is 5.18. The van der Waals surface area contributed by atoms with E-state index in [-0.39, 0.29) is 18.1 Å².